The lowest BCUT2D eigenvalue weighted by Gasteiger charge is -2.21. The second-order valence-electron chi connectivity index (χ2n) is 3.86. The topological polar surface area (TPSA) is 93.1 Å². The van der Waals surface area contributed by atoms with Crippen LogP contribution in [0.4, 0.5) is 0 Å². The average Bonchev–Trinajstić information content (AvgIpc) is 2.13. The molecule has 0 radical (unpaired) electrons. The number of fused-ring (bicyclic) bond motifs is 1. The normalized spacial score (nSPS) is 19.5. The Kier molecular flexibility index (Phi) is 2.95. The minimum absolute atomic E-state index is 0.0235. The number of hydrogen-bond donors (Lipinski definition) is 2. The lowest BCUT2D eigenvalue weighted by atomic mass is 9.95. The monoisotopic (exact) mass is 258 g/mol. The molecule has 0 saturated carbocycles. The van der Waals surface area contributed by atoms with E-state index in [9.17, 15) is 9.36 Å². The molecule has 1 atom stereocenters. The van der Waals surface area contributed by atoms with Gasteiger partial charge in [0, 0.05) is 6.07 Å². The minimum Gasteiger partial charge on any atom is -0.426 e. The van der Waals surface area contributed by atoms with Crippen LogP contribution in [0.1, 0.15) is 24.8 Å². The van der Waals surface area contributed by atoms with Crippen LogP contribution >= 0.6 is 7.82 Å². The van der Waals surface area contributed by atoms with E-state index in [1.807, 2.05) is 6.92 Å². The molecule has 2 N–H and O–H groups in total. The van der Waals surface area contributed by atoms with E-state index in [-0.39, 0.29) is 17.6 Å². The van der Waals surface area contributed by atoms with E-state index in [1.165, 1.54) is 12.1 Å². The van der Waals surface area contributed by atoms with Crippen LogP contribution in [0.3, 0.4) is 0 Å². The Morgan fingerprint density at radius 2 is 2.18 bits per heavy atom. The van der Waals surface area contributed by atoms with Gasteiger partial charge in [-0.3, -0.25) is 14.6 Å². The predicted octanol–water partition coefficient (Wildman–Crippen LogP) is 1.57. The van der Waals surface area contributed by atoms with E-state index in [4.69, 9.17) is 14.5 Å². The zero-order valence-corrected chi connectivity index (χ0v) is 9.89. The van der Waals surface area contributed by atoms with Crippen molar-refractivity contribution < 1.29 is 28.4 Å². The molecule has 0 bridgehead atoms. The number of hydrogen-bond acceptors (Lipinski definition) is 4. The van der Waals surface area contributed by atoms with E-state index >= 15 is 0 Å². The van der Waals surface area contributed by atoms with Gasteiger partial charge in [-0.25, -0.2) is 4.57 Å². The molecule has 0 aliphatic carbocycles. The summed E-state index contributed by atoms with van der Waals surface area (Å²) < 4.78 is 20.1. The maximum Gasteiger partial charge on any atom is 0.524 e. The second-order valence-corrected chi connectivity index (χ2v) is 5.02. The van der Waals surface area contributed by atoms with Gasteiger partial charge >= 0.3 is 13.8 Å². The Labute approximate surface area is 97.4 Å². The molecule has 7 heteroatoms. The SMILES string of the molecule is CC1CC(=O)Oc2cc(OP(=O)(O)O)ccc21. The molecule has 1 aliphatic rings. The van der Waals surface area contributed by atoms with Crippen molar-refractivity contribution in [1.29, 1.82) is 0 Å². The summed E-state index contributed by atoms with van der Waals surface area (Å²) in [6.07, 6.45) is 0.297. The van der Waals surface area contributed by atoms with E-state index in [1.54, 1.807) is 6.07 Å². The third-order valence-electron chi connectivity index (χ3n) is 2.44. The lowest BCUT2D eigenvalue weighted by Crippen LogP contribution is -2.18. The average molecular weight is 258 g/mol. The number of esters is 1. The highest BCUT2D eigenvalue weighted by Gasteiger charge is 2.25. The van der Waals surface area contributed by atoms with Gasteiger partial charge in [-0.05, 0) is 17.5 Å². The van der Waals surface area contributed by atoms with Gasteiger partial charge < -0.3 is 9.26 Å². The van der Waals surface area contributed by atoms with Gasteiger partial charge in [0.2, 0.25) is 0 Å². The second kappa shape index (κ2) is 4.14. The molecule has 0 aromatic heterocycles. The summed E-state index contributed by atoms with van der Waals surface area (Å²) in [4.78, 5) is 28.5. The first-order valence-electron chi connectivity index (χ1n) is 4.95. The van der Waals surface area contributed by atoms with E-state index in [0.29, 0.717) is 12.2 Å². The van der Waals surface area contributed by atoms with Crippen LogP contribution in [-0.2, 0) is 9.36 Å². The summed E-state index contributed by atoms with van der Waals surface area (Å²) in [5.41, 5.74) is 0.822. The number of rotatable bonds is 2. The zero-order chi connectivity index (χ0) is 12.6. The summed E-state index contributed by atoms with van der Waals surface area (Å²) in [5.74, 6) is -0.0765. The molecule has 2 rings (SSSR count). The molecule has 0 fully saturated rings. The van der Waals surface area contributed by atoms with E-state index in [0.717, 1.165) is 5.56 Å². The van der Waals surface area contributed by atoms with Crippen LogP contribution in [0.25, 0.3) is 0 Å². The number of ether oxygens (including phenoxy) is 1. The molecule has 1 aromatic rings. The molecule has 0 spiro atoms. The number of carbonyl (C=O) groups is 1. The number of phosphoric ester groups is 1. The zero-order valence-electron chi connectivity index (χ0n) is 8.99. The molecule has 17 heavy (non-hydrogen) atoms. The van der Waals surface area contributed by atoms with E-state index < -0.39 is 7.82 Å². The fourth-order valence-electron chi connectivity index (χ4n) is 1.73. The quantitative estimate of drug-likeness (QED) is 0.475. The Balaban J connectivity index is 2.33. The predicted molar refractivity (Wildman–Crippen MR) is 57.8 cm³/mol. The number of phosphoric acid groups is 1. The van der Waals surface area contributed by atoms with Gasteiger partial charge in [-0.1, -0.05) is 13.0 Å². The molecule has 92 valence electrons. The van der Waals surface area contributed by atoms with Crippen LogP contribution in [0, 0.1) is 0 Å². The van der Waals surface area contributed by atoms with Gasteiger partial charge in [-0.2, -0.15) is 0 Å². The third-order valence-corrected chi connectivity index (χ3v) is 2.89. The van der Waals surface area contributed by atoms with Crippen molar-refractivity contribution in [3.8, 4) is 11.5 Å². The highest BCUT2D eigenvalue weighted by molar-refractivity contribution is 7.46. The molecule has 0 amide bonds. The molecule has 1 heterocycles. The van der Waals surface area contributed by atoms with Crippen LogP contribution in [0.2, 0.25) is 0 Å². The van der Waals surface area contributed by atoms with Gasteiger partial charge in [0.15, 0.2) is 0 Å². The van der Waals surface area contributed by atoms with Crippen molar-refractivity contribution in [3.05, 3.63) is 23.8 Å². The van der Waals surface area contributed by atoms with Crippen LogP contribution < -0.4 is 9.26 Å². The fourth-order valence-corrected chi connectivity index (χ4v) is 2.12. The maximum absolute atomic E-state index is 11.2. The van der Waals surface area contributed by atoms with Gasteiger partial charge in [-0.15, -0.1) is 0 Å². The van der Waals surface area contributed by atoms with Crippen molar-refractivity contribution in [2.45, 2.75) is 19.3 Å². The first kappa shape index (κ1) is 12.1. The van der Waals surface area contributed by atoms with Gasteiger partial charge in [0.1, 0.15) is 11.5 Å². The summed E-state index contributed by atoms with van der Waals surface area (Å²) in [7, 11) is -4.59. The molecular weight excluding hydrogens is 247 g/mol. The Bertz CT molecular complexity index is 506. The summed E-state index contributed by atoms with van der Waals surface area (Å²) in [6, 6.07) is 4.38. The van der Waals surface area contributed by atoms with E-state index in [2.05, 4.69) is 4.52 Å². The molecule has 6 nitrogen and oxygen atoms in total. The minimum atomic E-state index is -4.59. The fraction of sp³-hybridized carbons (Fsp3) is 0.300. The number of benzene rings is 1. The third kappa shape index (κ3) is 2.85. The molecule has 1 aromatic carbocycles. The number of carbonyl (C=O) groups excluding carboxylic acids is 1. The van der Waals surface area contributed by atoms with Crippen LogP contribution in [0.5, 0.6) is 11.5 Å². The highest BCUT2D eigenvalue weighted by atomic mass is 31.2. The first-order chi connectivity index (χ1) is 7.85. The molecule has 1 unspecified atom stereocenters. The highest BCUT2D eigenvalue weighted by Crippen LogP contribution is 2.41. The van der Waals surface area contributed by atoms with Crippen molar-refractivity contribution in [1.82, 2.24) is 0 Å². The lowest BCUT2D eigenvalue weighted by molar-refractivity contribution is -0.135. The first-order valence-corrected chi connectivity index (χ1v) is 6.48. The van der Waals surface area contributed by atoms with Crippen molar-refractivity contribution in [3.63, 3.8) is 0 Å². The maximum atomic E-state index is 11.2. The standard InChI is InChI=1S/C10H11O6P/c1-6-4-10(11)15-9-5-7(2-3-8(6)9)16-17(12,13)14/h2-3,5-6H,4H2,1H3,(H2,12,13,14). The largest absolute Gasteiger partial charge is 0.524 e. The van der Waals surface area contributed by atoms with Gasteiger partial charge in [0.05, 0.1) is 6.42 Å². The smallest absolute Gasteiger partial charge is 0.426 e. The Morgan fingerprint density at radius 1 is 1.47 bits per heavy atom. The van der Waals surface area contributed by atoms with Crippen LogP contribution in [0.15, 0.2) is 18.2 Å². The Hall–Kier alpha value is -1.36. The molecular formula is C10H11O6P. The van der Waals surface area contributed by atoms with Crippen molar-refractivity contribution in [2.24, 2.45) is 0 Å². The summed E-state index contributed by atoms with van der Waals surface area (Å²) in [5, 5.41) is 0. The molecule has 0 saturated heterocycles. The van der Waals surface area contributed by atoms with Crippen molar-refractivity contribution >= 4 is 13.8 Å². The summed E-state index contributed by atoms with van der Waals surface area (Å²) in [6.45, 7) is 1.88. The summed E-state index contributed by atoms with van der Waals surface area (Å²) >= 11 is 0. The Morgan fingerprint density at radius 3 is 2.82 bits per heavy atom. The van der Waals surface area contributed by atoms with Crippen molar-refractivity contribution in [2.75, 3.05) is 0 Å². The van der Waals surface area contributed by atoms with Gasteiger partial charge in [0.25, 0.3) is 0 Å². The van der Waals surface area contributed by atoms with Crippen LogP contribution in [-0.4, -0.2) is 15.8 Å². The molecule has 1 aliphatic heterocycles.